The Morgan fingerprint density at radius 2 is 1.46 bits per heavy atom. The maximum absolute atomic E-state index is 3.43. The van der Waals surface area contributed by atoms with Gasteiger partial charge in [-0.15, -0.1) is 17.5 Å². The molecule has 0 radical (unpaired) electrons. The molecule has 136 valence electrons. The Balaban J connectivity index is -0.000000163. The van der Waals surface area contributed by atoms with Crippen molar-refractivity contribution in [3.8, 4) is 0 Å². The van der Waals surface area contributed by atoms with E-state index >= 15 is 0 Å². The fourth-order valence-electron chi connectivity index (χ4n) is 2.97. The smallest absolute Gasteiger partial charge is 0 e. The normalized spacial score (nSPS) is 11.6. The van der Waals surface area contributed by atoms with E-state index in [1.165, 1.54) is 36.0 Å². The van der Waals surface area contributed by atoms with Crippen molar-refractivity contribution in [1.29, 1.82) is 0 Å². The molecule has 0 heterocycles. The van der Waals surface area contributed by atoms with Gasteiger partial charge in [0.05, 0.1) is 0 Å². The van der Waals surface area contributed by atoms with Crippen molar-refractivity contribution in [1.82, 2.24) is 0 Å². The van der Waals surface area contributed by atoms with E-state index < -0.39 is 0 Å². The first kappa shape index (κ1) is 31.0. The van der Waals surface area contributed by atoms with Crippen LogP contribution < -0.4 is 0 Å². The molecule has 1 heteroatoms. The van der Waals surface area contributed by atoms with Crippen molar-refractivity contribution in [3.05, 3.63) is 108 Å². The topological polar surface area (TPSA) is 0 Å². The predicted molar refractivity (Wildman–Crippen MR) is 109 cm³/mol. The molecule has 0 aromatic heterocycles. The second-order valence-corrected chi connectivity index (χ2v) is 5.03. The minimum Gasteiger partial charge on any atom is -0.358 e. The van der Waals surface area contributed by atoms with Crippen LogP contribution in [-0.4, -0.2) is 0 Å². The molecule has 0 atom stereocenters. The Kier molecular flexibility index (Phi) is 18.8. The third-order valence-corrected chi connectivity index (χ3v) is 3.84. The Morgan fingerprint density at radius 1 is 0.875 bits per heavy atom. The fraction of sp³-hybridized carbons (Fsp3) is 0.217. The summed E-state index contributed by atoms with van der Waals surface area (Å²) in [7, 11) is 0. The molecule has 24 heavy (non-hydrogen) atoms. The van der Waals surface area contributed by atoms with E-state index in [-0.39, 0.29) is 63.0 Å². The average molecular weight is 488 g/mol. The van der Waals surface area contributed by atoms with Crippen LogP contribution in [0.2, 0.25) is 0 Å². The molecule has 2 aromatic carbocycles. The van der Waals surface area contributed by atoms with Gasteiger partial charge in [-0.05, 0) is 19.3 Å². The molecule has 2 aromatic rings. The van der Waals surface area contributed by atoms with Crippen LogP contribution in [0.15, 0.2) is 42.5 Å². The van der Waals surface area contributed by atoms with Gasteiger partial charge in [0.2, 0.25) is 0 Å². The van der Waals surface area contributed by atoms with Gasteiger partial charge in [0, 0.05) is 25.8 Å². The number of rotatable bonds is 0. The van der Waals surface area contributed by atoms with Crippen molar-refractivity contribution in [2.24, 2.45) is 0 Å². The van der Waals surface area contributed by atoms with Gasteiger partial charge in [-0.1, -0.05) is 24.6 Å². The predicted octanol–water partition coefficient (Wildman–Crippen LogP) is 6.59. The molecule has 0 saturated heterocycles. The molecule has 2 aliphatic rings. The molecule has 0 unspecified atom stereocenters. The minimum absolute atomic E-state index is 0. The van der Waals surface area contributed by atoms with Crippen LogP contribution in [0.4, 0.5) is 0 Å². The molecule has 0 nitrogen and oxygen atoms in total. The van der Waals surface area contributed by atoms with Gasteiger partial charge in [0.25, 0.3) is 0 Å². The first-order valence-corrected chi connectivity index (χ1v) is 6.74. The number of hydrogen-bond acceptors (Lipinski definition) is 0. The monoisotopic (exact) mass is 489 g/mol. The van der Waals surface area contributed by atoms with E-state index in [2.05, 4.69) is 25.1 Å². The van der Waals surface area contributed by atoms with Crippen molar-refractivity contribution < 1.29 is 25.8 Å². The summed E-state index contributed by atoms with van der Waals surface area (Å²) in [4.78, 5) is 0. The largest absolute Gasteiger partial charge is 0.358 e. The zero-order valence-electron chi connectivity index (χ0n) is 16.4. The van der Waals surface area contributed by atoms with Crippen LogP contribution in [0, 0.1) is 43.2 Å². The van der Waals surface area contributed by atoms with Crippen LogP contribution in [0.25, 0.3) is 5.57 Å². The summed E-state index contributed by atoms with van der Waals surface area (Å²) in [6, 6.07) is 14.6. The Bertz CT molecular complexity index is 545. The molecule has 0 spiro atoms. The number of fused-ring (bicyclic) bond motifs is 3. The molecule has 2 aliphatic carbocycles. The average Bonchev–Trinajstić information content (AvgIpc) is 3.11. The second kappa shape index (κ2) is 14.5. The summed E-state index contributed by atoms with van der Waals surface area (Å²) in [6.07, 6.45) is 8.39. The van der Waals surface area contributed by atoms with Gasteiger partial charge in [-0.3, -0.25) is 6.08 Å². The summed E-state index contributed by atoms with van der Waals surface area (Å²) >= 11 is 0. The summed E-state index contributed by atoms with van der Waals surface area (Å²) in [6.45, 7) is 2.20. The molecule has 4 rings (SSSR count). The summed E-state index contributed by atoms with van der Waals surface area (Å²) < 4.78 is 0. The van der Waals surface area contributed by atoms with E-state index in [1.54, 1.807) is 11.1 Å². The number of hydrogen-bond donors (Lipinski definition) is 0. The SMILES string of the molecule is CC1=[C-]Cc2ccc3c(c21)CCC3.[CH3-].[CH3-].[CH3-].[CH3-].[CH3-].[Hf].c1cc[cH-]c1. The zero-order valence-corrected chi connectivity index (χ0v) is 20.0. The first-order chi connectivity index (χ1) is 8.86. The summed E-state index contributed by atoms with van der Waals surface area (Å²) in [5, 5.41) is 0. The van der Waals surface area contributed by atoms with E-state index in [0.717, 1.165) is 6.42 Å². The Morgan fingerprint density at radius 3 is 2.00 bits per heavy atom. The van der Waals surface area contributed by atoms with Crippen molar-refractivity contribution >= 4 is 5.57 Å². The van der Waals surface area contributed by atoms with Gasteiger partial charge < -0.3 is 37.1 Å². The van der Waals surface area contributed by atoms with Crippen LogP contribution in [-0.2, 0) is 45.1 Å². The van der Waals surface area contributed by atoms with Crippen LogP contribution in [0.3, 0.4) is 0 Å². The van der Waals surface area contributed by atoms with E-state index in [4.69, 9.17) is 0 Å². The van der Waals surface area contributed by atoms with Crippen molar-refractivity contribution in [2.45, 2.75) is 32.6 Å². The van der Waals surface area contributed by atoms with E-state index in [9.17, 15) is 0 Å². The second-order valence-electron chi connectivity index (χ2n) is 5.03. The van der Waals surface area contributed by atoms with Gasteiger partial charge >= 0.3 is 0 Å². The third kappa shape index (κ3) is 6.59. The summed E-state index contributed by atoms with van der Waals surface area (Å²) in [5.41, 5.74) is 7.63. The van der Waals surface area contributed by atoms with Gasteiger partial charge in [-0.2, -0.15) is 23.8 Å². The quantitative estimate of drug-likeness (QED) is 0.290. The first-order valence-electron chi connectivity index (χ1n) is 6.74. The molecular formula is C23H33Hf-7. The number of allylic oxidation sites excluding steroid dienone is 2. The molecule has 0 aliphatic heterocycles. The van der Waals surface area contributed by atoms with E-state index in [0.29, 0.717) is 0 Å². The van der Waals surface area contributed by atoms with Crippen LogP contribution >= 0.6 is 0 Å². The maximum atomic E-state index is 3.43. The maximum Gasteiger partial charge on any atom is 0 e. The molecule has 0 saturated carbocycles. The van der Waals surface area contributed by atoms with Gasteiger partial charge in [0.1, 0.15) is 0 Å². The minimum atomic E-state index is 0. The zero-order chi connectivity index (χ0) is 12.4. The van der Waals surface area contributed by atoms with Gasteiger partial charge in [-0.25, -0.2) is 17.7 Å². The fourth-order valence-corrected chi connectivity index (χ4v) is 2.97. The molecule has 0 amide bonds. The Labute approximate surface area is 171 Å². The number of aryl methyl sites for hydroxylation is 1. The standard InChI is InChI=1S/C13H13.C5H5.5CH3.Hf/c1-9-5-6-11-8-7-10-3-2-4-12(10)13(9)11;1-2-4-5-3-1;;;;;;/h7-8H,2-4,6H2,1H3;1-5H;5*1H3;/q7*-1;. The number of benzene rings is 1. The van der Waals surface area contributed by atoms with Crippen LogP contribution in [0.5, 0.6) is 0 Å². The molecule has 0 bridgehead atoms. The molecule has 0 fully saturated rings. The Hall–Kier alpha value is -0.820. The van der Waals surface area contributed by atoms with Crippen molar-refractivity contribution in [3.63, 3.8) is 0 Å². The summed E-state index contributed by atoms with van der Waals surface area (Å²) in [5.74, 6) is 0. The molecule has 0 N–H and O–H groups in total. The molecular weight excluding hydrogens is 455 g/mol. The van der Waals surface area contributed by atoms with E-state index in [1.807, 2.05) is 30.3 Å². The van der Waals surface area contributed by atoms with Gasteiger partial charge in [0.15, 0.2) is 0 Å². The third-order valence-electron chi connectivity index (χ3n) is 3.84. The van der Waals surface area contributed by atoms with Crippen molar-refractivity contribution in [2.75, 3.05) is 0 Å². The van der Waals surface area contributed by atoms with Crippen LogP contribution in [0.1, 0.15) is 35.6 Å².